The summed E-state index contributed by atoms with van der Waals surface area (Å²) < 4.78 is 5.19. The van der Waals surface area contributed by atoms with E-state index in [2.05, 4.69) is 5.32 Å². The van der Waals surface area contributed by atoms with E-state index >= 15 is 0 Å². The Kier molecular flexibility index (Phi) is 6.23. The van der Waals surface area contributed by atoms with Gasteiger partial charge < -0.3 is 10.1 Å². The van der Waals surface area contributed by atoms with Crippen molar-refractivity contribution in [3.8, 4) is 11.1 Å². The van der Waals surface area contributed by atoms with Crippen molar-refractivity contribution in [3.63, 3.8) is 0 Å². The average molecular weight is 380 g/mol. The molecule has 0 saturated heterocycles. The molecule has 0 radical (unpaired) electrons. The molecule has 0 saturated carbocycles. The van der Waals surface area contributed by atoms with Crippen LogP contribution in [-0.2, 0) is 16.1 Å². The van der Waals surface area contributed by atoms with Crippen molar-refractivity contribution < 1.29 is 14.3 Å². The largest absolute Gasteiger partial charge is 0.452 e. The molecule has 4 nitrogen and oxygen atoms in total. The summed E-state index contributed by atoms with van der Waals surface area (Å²) >= 11 is 5.83. The number of carbonyl (C=O) groups is 2. The Morgan fingerprint density at radius 1 is 0.852 bits per heavy atom. The van der Waals surface area contributed by atoms with Crippen LogP contribution in [0.5, 0.6) is 0 Å². The lowest BCUT2D eigenvalue weighted by molar-refractivity contribution is -0.124. The van der Waals surface area contributed by atoms with E-state index < -0.39 is 5.97 Å². The van der Waals surface area contributed by atoms with Gasteiger partial charge in [0.2, 0.25) is 0 Å². The standard InChI is InChI=1S/C22H18ClNO3/c23-18-12-10-16(11-13-18)14-24-21(25)15-27-22(26)20-9-5-4-8-19(20)17-6-2-1-3-7-17/h1-13H,14-15H2,(H,24,25). The minimum absolute atomic E-state index is 0.338. The fourth-order valence-electron chi connectivity index (χ4n) is 2.59. The molecule has 0 aromatic heterocycles. The van der Waals surface area contributed by atoms with Crippen LogP contribution in [0.4, 0.5) is 0 Å². The third kappa shape index (κ3) is 5.19. The number of rotatable bonds is 6. The first-order chi connectivity index (χ1) is 13.1. The molecule has 3 rings (SSSR count). The maximum atomic E-state index is 12.4. The molecule has 5 heteroatoms. The summed E-state index contributed by atoms with van der Waals surface area (Å²) in [5, 5.41) is 3.35. The molecule has 0 spiro atoms. The highest BCUT2D eigenvalue weighted by atomic mass is 35.5. The van der Waals surface area contributed by atoms with Gasteiger partial charge in [0.1, 0.15) is 0 Å². The summed E-state index contributed by atoms with van der Waals surface area (Å²) in [5.74, 6) is -0.897. The van der Waals surface area contributed by atoms with Crippen LogP contribution in [0.2, 0.25) is 5.02 Å². The minimum Gasteiger partial charge on any atom is -0.452 e. The van der Waals surface area contributed by atoms with E-state index in [0.29, 0.717) is 17.1 Å². The Labute approximate surface area is 162 Å². The van der Waals surface area contributed by atoms with E-state index in [1.807, 2.05) is 54.6 Å². The Morgan fingerprint density at radius 3 is 2.26 bits per heavy atom. The molecule has 0 fully saturated rings. The van der Waals surface area contributed by atoms with E-state index in [4.69, 9.17) is 16.3 Å². The van der Waals surface area contributed by atoms with E-state index in [-0.39, 0.29) is 12.5 Å². The molecule has 0 bridgehead atoms. The number of benzene rings is 3. The van der Waals surface area contributed by atoms with Gasteiger partial charge in [-0.25, -0.2) is 4.79 Å². The minimum atomic E-state index is -0.531. The second-order valence-corrected chi connectivity index (χ2v) is 6.33. The number of hydrogen-bond acceptors (Lipinski definition) is 3. The lowest BCUT2D eigenvalue weighted by Gasteiger charge is -2.10. The van der Waals surface area contributed by atoms with Gasteiger partial charge in [0.25, 0.3) is 5.91 Å². The summed E-state index contributed by atoms with van der Waals surface area (Å²) in [6.07, 6.45) is 0. The molecule has 1 amide bonds. The molecule has 1 N–H and O–H groups in total. The molecule has 0 unspecified atom stereocenters. The van der Waals surface area contributed by atoms with Crippen molar-refractivity contribution in [2.24, 2.45) is 0 Å². The second kappa shape index (κ2) is 9.01. The number of halogens is 1. The van der Waals surface area contributed by atoms with Crippen molar-refractivity contribution >= 4 is 23.5 Å². The third-order valence-corrected chi connectivity index (χ3v) is 4.22. The van der Waals surface area contributed by atoms with Crippen LogP contribution >= 0.6 is 11.6 Å². The van der Waals surface area contributed by atoms with Gasteiger partial charge in [0, 0.05) is 11.6 Å². The van der Waals surface area contributed by atoms with Gasteiger partial charge in [0.15, 0.2) is 6.61 Å². The smallest absolute Gasteiger partial charge is 0.339 e. The first-order valence-electron chi connectivity index (χ1n) is 8.46. The van der Waals surface area contributed by atoms with Crippen LogP contribution in [0.25, 0.3) is 11.1 Å². The fourth-order valence-corrected chi connectivity index (χ4v) is 2.72. The summed E-state index contributed by atoms with van der Waals surface area (Å²) in [6, 6.07) is 23.9. The summed E-state index contributed by atoms with van der Waals surface area (Å²) in [7, 11) is 0. The maximum Gasteiger partial charge on any atom is 0.339 e. The first kappa shape index (κ1) is 18.7. The number of esters is 1. The number of ether oxygens (including phenoxy) is 1. The SMILES string of the molecule is O=C(COC(=O)c1ccccc1-c1ccccc1)NCc1ccc(Cl)cc1. The highest BCUT2D eigenvalue weighted by molar-refractivity contribution is 6.30. The van der Waals surface area contributed by atoms with Crippen molar-refractivity contribution in [2.75, 3.05) is 6.61 Å². The van der Waals surface area contributed by atoms with Crippen LogP contribution in [0, 0.1) is 0 Å². The zero-order valence-corrected chi connectivity index (χ0v) is 15.3. The van der Waals surface area contributed by atoms with E-state index in [9.17, 15) is 9.59 Å². The molecule has 0 atom stereocenters. The maximum absolute atomic E-state index is 12.4. The molecule has 136 valence electrons. The normalized spacial score (nSPS) is 10.3. The highest BCUT2D eigenvalue weighted by Crippen LogP contribution is 2.23. The van der Waals surface area contributed by atoms with Crippen molar-refractivity contribution in [1.29, 1.82) is 0 Å². The van der Waals surface area contributed by atoms with Crippen molar-refractivity contribution in [3.05, 3.63) is 95.0 Å². The summed E-state index contributed by atoms with van der Waals surface area (Å²) in [4.78, 5) is 24.4. The zero-order valence-electron chi connectivity index (χ0n) is 14.5. The van der Waals surface area contributed by atoms with Crippen LogP contribution < -0.4 is 5.32 Å². The molecule has 0 aliphatic heterocycles. The fraction of sp³-hybridized carbons (Fsp3) is 0.0909. The van der Waals surface area contributed by atoms with Gasteiger partial charge >= 0.3 is 5.97 Å². The molecule has 3 aromatic carbocycles. The van der Waals surface area contributed by atoms with Gasteiger partial charge in [0.05, 0.1) is 5.56 Å². The molecule has 0 aliphatic carbocycles. The van der Waals surface area contributed by atoms with E-state index in [0.717, 1.165) is 16.7 Å². The van der Waals surface area contributed by atoms with Gasteiger partial charge in [-0.05, 0) is 34.9 Å². The quantitative estimate of drug-likeness (QED) is 0.642. The predicted molar refractivity (Wildman–Crippen MR) is 105 cm³/mol. The van der Waals surface area contributed by atoms with E-state index in [1.54, 1.807) is 24.3 Å². The lowest BCUT2D eigenvalue weighted by atomic mass is 10.00. The lowest BCUT2D eigenvalue weighted by Crippen LogP contribution is -2.28. The first-order valence-corrected chi connectivity index (χ1v) is 8.84. The Bertz CT molecular complexity index is 924. The Balaban J connectivity index is 1.58. The third-order valence-electron chi connectivity index (χ3n) is 3.97. The predicted octanol–water partition coefficient (Wildman–Crippen LogP) is 4.48. The number of nitrogens with one attached hydrogen (secondary N) is 1. The van der Waals surface area contributed by atoms with Gasteiger partial charge in [-0.15, -0.1) is 0 Å². The molecular formula is C22H18ClNO3. The van der Waals surface area contributed by atoms with Crippen LogP contribution in [0.15, 0.2) is 78.9 Å². The Hall–Kier alpha value is -3.11. The number of amides is 1. The molecule has 27 heavy (non-hydrogen) atoms. The topological polar surface area (TPSA) is 55.4 Å². The molecular weight excluding hydrogens is 362 g/mol. The van der Waals surface area contributed by atoms with Gasteiger partial charge in [-0.3, -0.25) is 4.79 Å². The molecule has 3 aromatic rings. The van der Waals surface area contributed by atoms with Crippen molar-refractivity contribution in [2.45, 2.75) is 6.54 Å². The van der Waals surface area contributed by atoms with Crippen molar-refractivity contribution in [1.82, 2.24) is 5.32 Å². The van der Waals surface area contributed by atoms with Gasteiger partial charge in [-0.1, -0.05) is 72.3 Å². The molecule has 0 aliphatic rings. The average Bonchev–Trinajstić information content (AvgIpc) is 2.72. The summed E-state index contributed by atoms with van der Waals surface area (Å²) in [6.45, 7) is 0.00367. The Morgan fingerprint density at radius 2 is 1.52 bits per heavy atom. The van der Waals surface area contributed by atoms with Crippen LogP contribution in [0.1, 0.15) is 15.9 Å². The summed E-state index contributed by atoms with van der Waals surface area (Å²) in [5.41, 5.74) is 3.02. The second-order valence-electron chi connectivity index (χ2n) is 5.89. The highest BCUT2D eigenvalue weighted by Gasteiger charge is 2.15. The monoisotopic (exact) mass is 379 g/mol. The van der Waals surface area contributed by atoms with E-state index in [1.165, 1.54) is 0 Å². The molecule has 0 heterocycles. The number of hydrogen-bond donors (Lipinski definition) is 1. The van der Waals surface area contributed by atoms with Gasteiger partial charge in [-0.2, -0.15) is 0 Å². The van der Waals surface area contributed by atoms with Crippen LogP contribution in [0.3, 0.4) is 0 Å². The van der Waals surface area contributed by atoms with Crippen LogP contribution in [-0.4, -0.2) is 18.5 Å². The number of carbonyl (C=O) groups excluding carboxylic acids is 2. The zero-order chi connectivity index (χ0) is 19.1.